The Bertz CT molecular complexity index is 485. The van der Waals surface area contributed by atoms with E-state index in [0.717, 1.165) is 17.7 Å². The van der Waals surface area contributed by atoms with Gasteiger partial charge in [0.25, 0.3) is 0 Å². The number of hydrogen-bond acceptors (Lipinski definition) is 2. The fourth-order valence-electron chi connectivity index (χ4n) is 1.70. The van der Waals surface area contributed by atoms with E-state index in [1.54, 1.807) is 12.1 Å². The molecule has 16 heavy (non-hydrogen) atoms. The third-order valence-electron chi connectivity index (χ3n) is 2.43. The molecule has 0 spiro atoms. The summed E-state index contributed by atoms with van der Waals surface area (Å²) in [4.78, 5) is 0. The van der Waals surface area contributed by atoms with Crippen molar-refractivity contribution in [2.45, 2.75) is 6.54 Å². The first-order valence-corrected chi connectivity index (χ1v) is 6.10. The molecule has 0 fully saturated rings. The summed E-state index contributed by atoms with van der Waals surface area (Å²) in [6.45, 7) is 0.812. The fourth-order valence-corrected chi connectivity index (χ4v) is 2.11. The van der Waals surface area contributed by atoms with Gasteiger partial charge < -0.3 is 5.11 Å². The SMILES string of the molecule is Oc1cccc(-c2ccccc2CNI)c1. The summed E-state index contributed by atoms with van der Waals surface area (Å²) >= 11 is 2.13. The quantitative estimate of drug-likeness (QED) is 0.669. The minimum Gasteiger partial charge on any atom is -0.508 e. The van der Waals surface area contributed by atoms with Crippen molar-refractivity contribution in [2.24, 2.45) is 0 Å². The number of hydrogen-bond donors (Lipinski definition) is 2. The molecule has 2 rings (SSSR count). The molecule has 0 atom stereocenters. The molecule has 2 N–H and O–H groups in total. The smallest absolute Gasteiger partial charge is 0.116 e. The van der Waals surface area contributed by atoms with E-state index in [-0.39, 0.29) is 0 Å². The Morgan fingerprint density at radius 3 is 2.62 bits per heavy atom. The average Bonchev–Trinajstić information content (AvgIpc) is 2.30. The molecule has 2 aromatic rings. The number of benzene rings is 2. The third-order valence-corrected chi connectivity index (χ3v) is 2.81. The zero-order chi connectivity index (χ0) is 11.4. The van der Waals surface area contributed by atoms with Gasteiger partial charge in [0.15, 0.2) is 0 Å². The van der Waals surface area contributed by atoms with E-state index in [1.807, 2.05) is 24.3 Å². The number of phenols is 1. The van der Waals surface area contributed by atoms with Crippen molar-refractivity contribution >= 4 is 22.9 Å². The zero-order valence-electron chi connectivity index (χ0n) is 8.65. The molecule has 0 heterocycles. The van der Waals surface area contributed by atoms with Crippen LogP contribution in [0, 0.1) is 0 Å². The van der Waals surface area contributed by atoms with Crippen molar-refractivity contribution in [3.63, 3.8) is 0 Å². The molecule has 0 saturated heterocycles. The molecule has 2 aromatic carbocycles. The van der Waals surface area contributed by atoms with Crippen LogP contribution >= 0.6 is 22.9 Å². The van der Waals surface area contributed by atoms with Crippen molar-refractivity contribution in [1.29, 1.82) is 0 Å². The standard InChI is InChI=1S/C13H12INO/c14-15-9-11-4-1-2-7-13(11)10-5-3-6-12(16)8-10/h1-8,15-16H,9H2. The van der Waals surface area contributed by atoms with Gasteiger partial charge in [0.2, 0.25) is 0 Å². The summed E-state index contributed by atoms with van der Waals surface area (Å²) < 4.78 is 3.12. The maximum atomic E-state index is 9.48. The van der Waals surface area contributed by atoms with Crippen LogP contribution in [0.15, 0.2) is 48.5 Å². The Morgan fingerprint density at radius 2 is 1.88 bits per heavy atom. The van der Waals surface area contributed by atoms with Crippen LogP contribution in [0.5, 0.6) is 5.75 Å². The van der Waals surface area contributed by atoms with Gasteiger partial charge in [-0.2, -0.15) is 0 Å². The summed E-state index contributed by atoms with van der Waals surface area (Å²) in [6, 6.07) is 15.5. The summed E-state index contributed by atoms with van der Waals surface area (Å²) in [7, 11) is 0. The van der Waals surface area contributed by atoms with E-state index < -0.39 is 0 Å². The molecule has 3 heteroatoms. The van der Waals surface area contributed by atoms with E-state index in [0.29, 0.717) is 5.75 Å². The molecule has 0 aliphatic rings. The maximum absolute atomic E-state index is 9.48. The molecule has 0 bridgehead atoms. The molecule has 0 amide bonds. The van der Waals surface area contributed by atoms with Crippen LogP contribution < -0.4 is 3.53 Å². The summed E-state index contributed by atoms with van der Waals surface area (Å²) in [5.41, 5.74) is 3.42. The third kappa shape index (κ3) is 2.54. The Morgan fingerprint density at radius 1 is 1.06 bits per heavy atom. The normalized spacial score (nSPS) is 10.3. The van der Waals surface area contributed by atoms with Gasteiger partial charge >= 0.3 is 0 Å². The second-order valence-electron chi connectivity index (χ2n) is 3.52. The highest BCUT2D eigenvalue weighted by atomic mass is 127. The Labute approximate surface area is 109 Å². The van der Waals surface area contributed by atoms with E-state index in [2.05, 4.69) is 38.5 Å². The van der Waals surface area contributed by atoms with Gasteiger partial charge in [0.05, 0.1) is 0 Å². The Hall–Kier alpha value is -1.07. The minimum atomic E-state index is 0.301. The van der Waals surface area contributed by atoms with E-state index in [9.17, 15) is 5.11 Å². The lowest BCUT2D eigenvalue weighted by Gasteiger charge is -2.08. The number of nitrogens with one attached hydrogen (secondary N) is 1. The van der Waals surface area contributed by atoms with Crippen LogP contribution in [0.4, 0.5) is 0 Å². The molecule has 82 valence electrons. The number of rotatable bonds is 3. The van der Waals surface area contributed by atoms with Gasteiger partial charge in [-0.1, -0.05) is 36.4 Å². The Balaban J connectivity index is 2.46. The first-order chi connectivity index (χ1) is 7.81. The van der Waals surface area contributed by atoms with Crippen LogP contribution in [-0.2, 0) is 6.54 Å². The summed E-state index contributed by atoms with van der Waals surface area (Å²) in [5, 5.41) is 9.48. The molecule has 0 aliphatic carbocycles. The molecular formula is C13H12INO. The van der Waals surface area contributed by atoms with Gasteiger partial charge in [0, 0.05) is 29.4 Å². The topological polar surface area (TPSA) is 32.3 Å². The lowest BCUT2D eigenvalue weighted by atomic mass is 10.00. The largest absolute Gasteiger partial charge is 0.508 e. The predicted molar refractivity (Wildman–Crippen MR) is 74.4 cm³/mol. The zero-order valence-corrected chi connectivity index (χ0v) is 10.8. The molecule has 0 radical (unpaired) electrons. The van der Waals surface area contributed by atoms with Crippen molar-refractivity contribution < 1.29 is 5.11 Å². The lowest BCUT2D eigenvalue weighted by Crippen LogP contribution is -1.99. The van der Waals surface area contributed by atoms with Crippen molar-refractivity contribution in [3.8, 4) is 16.9 Å². The summed E-state index contributed by atoms with van der Waals surface area (Å²) in [5.74, 6) is 0.301. The first-order valence-electron chi connectivity index (χ1n) is 5.02. The van der Waals surface area contributed by atoms with Crippen LogP contribution in [0.1, 0.15) is 5.56 Å². The highest BCUT2D eigenvalue weighted by Crippen LogP contribution is 2.26. The second-order valence-corrected chi connectivity index (χ2v) is 4.28. The molecular weight excluding hydrogens is 313 g/mol. The molecule has 0 aromatic heterocycles. The minimum absolute atomic E-state index is 0.301. The highest BCUT2D eigenvalue weighted by molar-refractivity contribution is 14.1. The van der Waals surface area contributed by atoms with Gasteiger partial charge in [-0.15, -0.1) is 0 Å². The van der Waals surface area contributed by atoms with Crippen LogP contribution in [0.3, 0.4) is 0 Å². The number of halogens is 1. The highest BCUT2D eigenvalue weighted by Gasteiger charge is 2.04. The van der Waals surface area contributed by atoms with Crippen LogP contribution in [0.25, 0.3) is 11.1 Å². The van der Waals surface area contributed by atoms with Crippen LogP contribution in [0.2, 0.25) is 0 Å². The molecule has 0 unspecified atom stereocenters. The van der Waals surface area contributed by atoms with Gasteiger partial charge in [-0.05, 0) is 28.8 Å². The molecule has 0 aliphatic heterocycles. The fraction of sp³-hybridized carbons (Fsp3) is 0.0769. The first kappa shape index (κ1) is 11.4. The van der Waals surface area contributed by atoms with Crippen molar-refractivity contribution in [1.82, 2.24) is 3.53 Å². The Kier molecular flexibility index (Phi) is 3.79. The second kappa shape index (κ2) is 5.32. The van der Waals surface area contributed by atoms with Gasteiger partial charge in [0.1, 0.15) is 5.75 Å². The average molecular weight is 325 g/mol. The summed E-state index contributed by atoms with van der Waals surface area (Å²) in [6.07, 6.45) is 0. The van der Waals surface area contributed by atoms with Crippen molar-refractivity contribution in [2.75, 3.05) is 0 Å². The van der Waals surface area contributed by atoms with E-state index in [1.165, 1.54) is 5.56 Å². The van der Waals surface area contributed by atoms with Crippen molar-refractivity contribution in [3.05, 3.63) is 54.1 Å². The van der Waals surface area contributed by atoms with E-state index in [4.69, 9.17) is 0 Å². The lowest BCUT2D eigenvalue weighted by molar-refractivity contribution is 0.475. The van der Waals surface area contributed by atoms with Crippen LogP contribution in [-0.4, -0.2) is 5.11 Å². The number of aromatic hydroxyl groups is 1. The molecule has 0 saturated carbocycles. The van der Waals surface area contributed by atoms with Gasteiger partial charge in [-0.3, -0.25) is 3.53 Å². The van der Waals surface area contributed by atoms with Gasteiger partial charge in [-0.25, -0.2) is 0 Å². The van der Waals surface area contributed by atoms with E-state index >= 15 is 0 Å². The predicted octanol–water partition coefficient (Wildman–Crippen LogP) is 3.50. The monoisotopic (exact) mass is 325 g/mol. The maximum Gasteiger partial charge on any atom is 0.116 e. The number of phenolic OH excluding ortho intramolecular Hbond substituents is 1. The molecule has 2 nitrogen and oxygen atoms in total.